The predicted molar refractivity (Wildman–Crippen MR) is 50.1 cm³/mol. The van der Waals surface area contributed by atoms with Crippen LogP contribution in [0.5, 0.6) is 0 Å². The van der Waals surface area contributed by atoms with Gasteiger partial charge in [-0.15, -0.1) is 4.91 Å². The van der Waals surface area contributed by atoms with Gasteiger partial charge in [-0.3, -0.25) is 5.84 Å². The Hall–Kier alpha value is -1.46. The standard InChI is InChI=1S/C8H12N4O/c1-12(11-13)8(10-9)7-5-3-2-4-6-7/h2-6,8,10H,9H2,1H3. The molecule has 1 aromatic rings. The Morgan fingerprint density at radius 2 is 2.08 bits per heavy atom. The summed E-state index contributed by atoms with van der Waals surface area (Å²) in [5, 5.41) is 3.99. The van der Waals surface area contributed by atoms with Gasteiger partial charge in [-0.2, -0.15) is 0 Å². The number of rotatable bonds is 4. The zero-order chi connectivity index (χ0) is 9.68. The summed E-state index contributed by atoms with van der Waals surface area (Å²) in [7, 11) is 1.56. The van der Waals surface area contributed by atoms with Crippen LogP contribution in [-0.2, 0) is 0 Å². The Morgan fingerprint density at radius 1 is 1.46 bits per heavy atom. The molecule has 0 saturated heterocycles. The molecule has 0 amide bonds. The Balaban J connectivity index is 2.84. The third-order valence-electron chi connectivity index (χ3n) is 1.78. The lowest BCUT2D eigenvalue weighted by atomic mass is 10.2. The van der Waals surface area contributed by atoms with Gasteiger partial charge >= 0.3 is 0 Å². The molecular weight excluding hydrogens is 168 g/mol. The maximum absolute atomic E-state index is 10.3. The van der Waals surface area contributed by atoms with E-state index in [0.717, 1.165) is 5.56 Å². The van der Waals surface area contributed by atoms with Crippen molar-refractivity contribution >= 4 is 0 Å². The van der Waals surface area contributed by atoms with Crippen molar-refractivity contribution in [3.05, 3.63) is 40.8 Å². The summed E-state index contributed by atoms with van der Waals surface area (Å²) < 4.78 is 0. The molecule has 0 radical (unpaired) electrons. The van der Waals surface area contributed by atoms with Crippen LogP contribution in [0.1, 0.15) is 11.7 Å². The van der Waals surface area contributed by atoms with Crippen LogP contribution in [0.15, 0.2) is 35.6 Å². The first-order chi connectivity index (χ1) is 6.29. The molecule has 1 rings (SSSR count). The van der Waals surface area contributed by atoms with Gasteiger partial charge in [0.1, 0.15) is 6.17 Å². The van der Waals surface area contributed by atoms with Crippen molar-refractivity contribution in [2.75, 3.05) is 7.05 Å². The molecule has 5 nitrogen and oxygen atoms in total. The highest BCUT2D eigenvalue weighted by Crippen LogP contribution is 2.14. The molecule has 0 fully saturated rings. The predicted octanol–water partition coefficient (Wildman–Crippen LogP) is 0.762. The van der Waals surface area contributed by atoms with E-state index in [9.17, 15) is 4.91 Å². The molecule has 0 aliphatic heterocycles. The number of nitroso groups, excluding NO2 is 1. The van der Waals surface area contributed by atoms with Crippen LogP contribution < -0.4 is 11.3 Å². The maximum atomic E-state index is 10.3. The lowest BCUT2D eigenvalue weighted by Crippen LogP contribution is -2.37. The molecule has 0 aromatic heterocycles. The second-order valence-electron chi connectivity index (χ2n) is 2.64. The van der Waals surface area contributed by atoms with Gasteiger partial charge in [-0.1, -0.05) is 30.3 Å². The Labute approximate surface area is 76.4 Å². The summed E-state index contributed by atoms with van der Waals surface area (Å²) in [6.45, 7) is 0. The van der Waals surface area contributed by atoms with Crippen molar-refractivity contribution in [3.63, 3.8) is 0 Å². The molecular formula is C8H12N4O. The van der Waals surface area contributed by atoms with Gasteiger partial charge in [0.15, 0.2) is 0 Å². The van der Waals surface area contributed by atoms with Gasteiger partial charge in [-0.25, -0.2) is 10.4 Å². The Kier molecular flexibility index (Phi) is 3.36. The quantitative estimate of drug-likeness (QED) is 0.310. The first-order valence-electron chi connectivity index (χ1n) is 3.86. The fourth-order valence-corrected chi connectivity index (χ4v) is 1.10. The Morgan fingerprint density at radius 3 is 2.54 bits per heavy atom. The number of nitrogens with one attached hydrogen (secondary N) is 1. The molecule has 3 N–H and O–H groups in total. The van der Waals surface area contributed by atoms with Crippen LogP contribution in [0, 0.1) is 4.91 Å². The lowest BCUT2D eigenvalue weighted by Gasteiger charge is -2.21. The van der Waals surface area contributed by atoms with Gasteiger partial charge in [0.25, 0.3) is 0 Å². The smallest absolute Gasteiger partial charge is 0.137 e. The highest BCUT2D eigenvalue weighted by molar-refractivity contribution is 5.17. The molecule has 1 aromatic carbocycles. The fraction of sp³-hybridized carbons (Fsp3) is 0.250. The molecule has 0 bridgehead atoms. The molecule has 5 heteroatoms. The van der Waals surface area contributed by atoms with Crippen LogP contribution in [0.25, 0.3) is 0 Å². The van der Waals surface area contributed by atoms with Crippen LogP contribution in [0.2, 0.25) is 0 Å². The maximum Gasteiger partial charge on any atom is 0.137 e. The first kappa shape index (κ1) is 9.63. The average molecular weight is 180 g/mol. The van der Waals surface area contributed by atoms with E-state index in [0.29, 0.717) is 0 Å². The molecule has 1 atom stereocenters. The summed E-state index contributed by atoms with van der Waals surface area (Å²) in [6.07, 6.45) is -0.376. The zero-order valence-corrected chi connectivity index (χ0v) is 7.34. The van der Waals surface area contributed by atoms with E-state index in [-0.39, 0.29) is 6.17 Å². The molecule has 0 spiro atoms. The third kappa shape index (κ3) is 2.24. The second kappa shape index (κ2) is 4.54. The number of hydrogen-bond donors (Lipinski definition) is 2. The van der Waals surface area contributed by atoms with E-state index in [1.165, 1.54) is 5.01 Å². The molecule has 0 heterocycles. The van der Waals surface area contributed by atoms with Crippen molar-refractivity contribution in [3.8, 4) is 0 Å². The highest BCUT2D eigenvalue weighted by atomic mass is 16.3. The van der Waals surface area contributed by atoms with E-state index >= 15 is 0 Å². The second-order valence-corrected chi connectivity index (χ2v) is 2.64. The van der Waals surface area contributed by atoms with Gasteiger partial charge in [0, 0.05) is 7.05 Å². The molecule has 13 heavy (non-hydrogen) atoms. The van der Waals surface area contributed by atoms with Crippen LogP contribution in [-0.4, -0.2) is 12.1 Å². The highest BCUT2D eigenvalue weighted by Gasteiger charge is 2.13. The molecule has 0 aliphatic carbocycles. The van der Waals surface area contributed by atoms with Crippen LogP contribution >= 0.6 is 0 Å². The zero-order valence-electron chi connectivity index (χ0n) is 7.34. The minimum Gasteiger partial charge on any atom is -0.269 e. The Bertz CT molecular complexity index is 264. The van der Waals surface area contributed by atoms with E-state index in [1.807, 2.05) is 30.3 Å². The summed E-state index contributed by atoms with van der Waals surface area (Å²) >= 11 is 0. The normalized spacial score (nSPS) is 12.2. The third-order valence-corrected chi connectivity index (χ3v) is 1.78. The molecule has 0 saturated carbocycles. The van der Waals surface area contributed by atoms with Crippen LogP contribution in [0.4, 0.5) is 0 Å². The number of hydrazine groups is 1. The summed E-state index contributed by atoms with van der Waals surface area (Å²) in [6, 6.07) is 9.38. The van der Waals surface area contributed by atoms with Crippen LogP contribution in [0.3, 0.4) is 0 Å². The number of nitrogens with two attached hydrogens (primary N) is 1. The largest absolute Gasteiger partial charge is 0.269 e. The van der Waals surface area contributed by atoms with E-state index < -0.39 is 0 Å². The minimum absolute atomic E-state index is 0.376. The number of benzene rings is 1. The molecule has 0 aliphatic rings. The van der Waals surface area contributed by atoms with Gasteiger partial charge in [0.2, 0.25) is 0 Å². The topological polar surface area (TPSA) is 70.7 Å². The summed E-state index contributed by atoms with van der Waals surface area (Å²) in [4.78, 5) is 10.3. The van der Waals surface area contributed by atoms with Crippen molar-refractivity contribution in [1.82, 2.24) is 10.4 Å². The summed E-state index contributed by atoms with van der Waals surface area (Å²) in [5.41, 5.74) is 3.40. The average Bonchev–Trinajstić information content (AvgIpc) is 2.20. The van der Waals surface area contributed by atoms with E-state index in [1.54, 1.807) is 7.05 Å². The van der Waals surface area contributed by atoms with Crippen molar-refractivity contribution in [1.29, 1.82) is 0 Å². The lowest BCUT2D eigenvalue weighted by molar-refractivity contribution is 0.213. The van der Waals surface area contributed by atoms with Crippen molar-refractivity contribution in [2.45, 2.75) is 6.17 Å². The van der Waals surface area contributed by atoms with Gasteiger partial charge in [0.05, 0.1) is 5.29 Å². The molecule has 1 unspecified atom stereocenters. The number of hydrogen-bond acceptors (Lipinski definition) is 4. The first-order valence-corrected chi connectivity index (χ1v) is 3.86. The van der Waals surface area contributed by atoms with Gasteiger partial charge in [-0.05, 0) is 5.56 Å². The molecule has 70 valence electrons. The SMILES string of the molecule is CN(N=O)C(NN)c1ccccc1. The van der Waals surface area contributed by atoms with E-state index in [4.69, 9.17) is 5.84 Å². The summed E-state index contributed by atoms with van der Waals surface area (Å²) in [5.74, 6) is 5.29. The van der Waals surface area contributed by atoms with Crippen molar-refractivity contribution in [2.24, 2.45) is 11.1 Å². The number of nitrogens with zero attached hydrogens (tertiary/aromatic N) is 2. The van der Waals surface area contributed by atoms with Crippen molar-refractivity contribution < 1.29 is 0 Å². The van der Waals surface area contributed by atoms with Gasteiger partial charge < -0.3 is 0 Å². The fourth-order valence-electron chi connectivity index (χ4n) is 1.10. The minimum atomic E-state index is -0.376. The monoisotopic (exact) mass is 180 g/mol. The van der Waals surface area contributed by atoms with E-state index in [2.05, 4.69) is 10.7 Å².